The van der Waals surface area contributed by atoms with Crippen LogP contribution in [0.5, 0.6) is 0 Å². The van der Waals surface area contributed by atoms with Gasteiger partial charge in [-0.15, -0.1) is 11.3 Å². The van der Waals surface area contributed by atoms with Gasteiger partial charge >= 0.3 is 5.97 Å². The average molecular weight is 281 g/mol. The van der Waals surface area contributed by atoms with Gasteiger partial charge in [0.2, 0.25) is 0 Å². The van der Waals surface area contributed by atoms with Crippen LogP contribution in [0.15, 0.2) is 12.4 Å². The smallest absolute Gasteiger partial charge is 0.347 e. The fourth-order valence-electron chi connectivity index (χ4n) is 1.70. The van der Waals surface area contributed by atoms with Crippen LogP contribution in [0.3, 0.4) is 0 Å². The normalized spacial score (nSPS) is 10.8. The highest BCUT2D eigenvalue weighted by atomic mass is 32.1. The molecule has 2 rings (SSSR count). The van der Waals surface area contributed by atoms with Gasteiger partial charge in [-0.3, -0.25) is 4.68 Å². The van der Waals surface area contributed by atoms with E-state index in [-0.39, 0.29) is 11.5 Å². The minimum atomic E-state index is -0.975. The van der Waals surface area contributed by atoms with E-state index >= 15 is 0 Å². The molecular weight excluding hydrogens is 266 g/mol. The summed E-state index contributed by atoms with van der Waals surface area (Å²) in [5.74, 6) is -0.975. The standard InChI is InChI=1S/C12H15N3O3S/c1-3-4-15-6-8(5-13-15)11-14-9(7-18-2)10(19-11)12(16)17/h5-6H,3-4,7H2,1-2H3,(H,16,17). The van der Waals surface area contributed by atoms with E-state index in [0.29, 0.717) is 10.7 Å². The van der Waals surface area contributed by atoms with Crippen LogP contribution < -0.4 is 0 Å². The largest absolute Gasteiger partial charge is 0.477 e. The number of carbonyl (C=O) groups is 1. The van der Waals surface area contributed by atoms with Crippen LogP contribution >= 0.6 is 11.3 Å². The number of rotatable bonds is 6. The zero-order valence-corrected chi connectivity index (χ0v) is 11.6. The fraction of sp³-hybridized carbons (Fsp3) is 0.417. The van der Waals surface area contributed by atoms with E-state index < -0.39 is 5.97 Å². The van der Waals surface area contributed by atoms with Gasteiger partial charge in [-0.1, -0.05) is 6.92 Å². The third-order valence-electron chi connectivity index (χ3n) is 2.51. The summed E-state index contributed by atoms with van der Waals surface area (Å²) in [4.78, 5) is 15.7. The first-order valence-electron chi connectivity index (χ1n) is 5.90. The Morgan fingerprint density at radius 2 is 2.37 bits per heavy atom. The highest BCUT2D eigenvalue weighted by Gasteiger charge is 2.18. The Hall–Kier alpha value is -1.73. The van der Waals surface area contributed by atoms with Gasteiger partial charge in [0.05, 0.1) is 18.5 Å². The molecule has 0 aliphatic heterocycles. The van der Waals surface area contributed by atoms with E-state index in [9.17, 15) is 4.79 Å². The lowest BCUT2D eigenvalue weighted by Gasteiger charge is -1.94. The van der Waals surface area contributed by atoms with Crippen molar-refractivity contribution < 1.29 is 14.6 Å². The molecule has 19 heavy (non-hydrogen) atoms. The van der Waals surface area contributed by atoms with E-state index in [4.69, 9.17) is 9.84 Å². The monoisotopic (exact) mass is 281 g/mol. The van der Waals surface area contributed by atoms with Crippen LogP contribution in [0.4, 0.5) is 0 Å². The molecule has 0 saturated heterocycles. The summed E-state index contributed by atoms with van der Waals surface area (Å²) in [6, 6.07) is 0. The molecule has 2 aromatic heterocycles. The second kappa shape index (κ2) is 5.94. The van der Waals surface area contributed by atoms with Crippen molar-refractivity contribution in [2.24, 2.45) is 0 Å². The average Bonchev–Trinajstić information content (AvgIpc) is 2.96. The van der Waals surface area contributed by atoms with Crippen molar-refractivity contribution in [1.82, 2.24) is 14.8 Å². The predicted octanol–water partition coefficient (Wildman–Crippen LogP) is 2.26. The van der Waals surface area contributed by atoms with Crippen molar-refractivity contribution in [3.05, 3.63) is 23.0 Å². The molecule has 0 saturated carbocycles. The number of hydrogen-bond acceptors (Lipinski definition) is 5. The maximum absolute atomic E-state index is 11.1. The Labute approximate surface area is 114 Å². The number of thiazole rings is 1. The molecule has 0 aromatic carbocycles. The first-order valence-corrected chi connectivity index (χ1v) is 6.72. The van der Waals surface area contributed by atoms with Crippen LogP contribution in [0.1, 0.15) is 28.7 Å². The number of aryl methyl sites for hydroxylation is 1. The SMILES string of the molecule is CCCn1cc(-c2nc(COC)c(C(=O)O)s2)cn1. The van der Waals surface area contributed by atoms with Crippen molar-refractivity contribution >= 4 is 17.3 Å². The first kappa shape index (κ1) is 13.7. The summed E-state index contributed by atoms with van der Waals surface area (Å²) >= 11 is 1.15. The molecule has 0 amide bonds. The molecule has 2 aromatic rings. The minimum Gasteiger partial charge on any atom is -0.477 e. The Balaban J connectivity index is 2.33. The number of carboxylic acids is 1. The third kappa shape index (κ3) is 2.99. The van der Waals surface area contributed by atoms with Gasteiger partial charge in [-0.05, 0) is 6.42 Å². The molecule has 0 aliphatic carbocycles. The molecule has 7 heteroatoms. The van der Waals surface area contributed by atoms with Gasteiger partial charge < -0.3 is 9.84 Å². The number of aromatic carboxylic acids is 1. The highest BCUT2D eigenvalue weighted by Crippen LogP contribution is 2.28. The molecule has 0 bridgehead atoms. The lowest BCUT2D eigenvalue weighted by molar-refractivity contribution is 0.0697. The van der Waals surface area contributed by atoms with Crippen LogP contribution in [-0.4, -0.2) is 33.0 Å². The van der Waals surface area contributed by atoms with E-state index in [1.54, 1.807) is 6.20 Å². The number of hydrogen-bond donors (Lipinski definition) is 1. The van der Waals surface area contributed by atoms with Gasteiger partial charge in [-0.2, -0.15) is 5.10 Å². The Bertz CT molecular complexity index is 577. The van der Waals surface area contributed by atoms with E-state index in [1.165, 1.54) is 7.11 Å². The molecule has 0 fully saturated rings. The molecule has 0 radical (unpaired) electrons. The van der Waals surface area contributed by atoms with Gasteiger partial charge in [0.15, 0.2) is 0 Å². The summed E-state index contributed by atoms with van der Waals surface area (Å²) in [7, 11) is 1.52. The summed E-state index contributed by atoms with van der Waals surface area (Å²) < 4.78 is 6.80. The second-order valence-corrected chi connectivity index (χ2v) is 5.02. The lowest BCUT2D eigenvalue weighted by Crippen LogP contribution is -1.99. The predicted molar refractivity (Wildman–Crippen MR) is 71.3 cm³/mol. The lowest BCUT2D eigenvalue weighted by atomic mass is 10.3. The number of methoxy groups -OCH3 is 1. The molecule has 0 unspecified atom stereocenters. The summed E-state index contributed by atoms with van der Waals surface area (Å²) in [6.07, 6.45) is 4.58. The van der Waals surface area contributed by atoms with Crippen molar-refractivity contribution in [2.45, 2.75) is 26.5 Å². The Kier molecular flexibility index (Phi) is 4.28. The first-order chi connectivity index (χ1) is 9.15. The maximum Gasteiger partial charge on any atom is 0.347 e. The summed E-state index contributed by atoms with van der Waals surface area (Å²) in [6.45, 7) is 3.10. The van der Waals surface area contributed by atoms with Crippen molar-refractivity contribution in [3.8, 4) is 10.6 Å². The van der Waals surface area contributed by atoms with Crippen LogP contribution in [0.2, 0.25) is 0 Å². The molecule has 0 aliphatic rings. The van der Waals surface area contributed by atoms with Crippen molar-refractivity contribution in [3.63, 3.8) is 0 Å². The van der Waals surface area contributed by atoms with Crippen LogP contribution in [0, 0.1) is 0 Å². The Morgan fingerprint density at radius 1 is 1.58 bits per heavy atom. The molecule has 102 valence electrons. The number of ether oxygens (including phenoxy) is 1. The zero-order valence-electron chi connectivity index (χ0n) is 10.8. The highest BCUT2D eigenvalue weighted by molar-refractivity contribution is 7.17. The van der Waals surface area contributed by atoms with Gasteiger partial charge in [0, 0.05) is 25.4 Å². The van der Waals surface area contributed by atoms with Gasteiger partial charge in [-0.25, -0.2) is 9.78 Å². The number of nitrogens with zero attached hydrogens (tertiary/aromatic N) is 3. The molecule has 6 nitrogen and oxygen atoms in total. The molecular formula is C12H15N3O3S. The van der Waals surface area contributed by atoms with Crippen LogP contribution in [0.25, 0.3) is 10.6 Å². The molecule has 0 spiro atoms. The quantitative estimate of drug-likeness (QED) is 0.878. The minimum absolute atomic E-state index is 0.196. The number of carboxylic acid groups (broad SMARTS) is 1. The molecule has 1 N–H and O–H groups in total. The zero-order chi connectivity index (χ0) is 13.8. The maximum atomic E-state index is 11.1. The van der Waals surface area contributed by atoms with Crippen molar-refractivity contribution in [1.29, 1.82) is 0 Å². The molecule has 0 atom stereocenters. The summed E-state index contributed by atoms with van der Waals surface area (Å²) in [5.41, 5.74) is 1.29. The van der Waals surface area contributed by atoms with E-state index in [0.717, 1.165) is 29.9 Å². The van der Waals surface area contributed by atoms with Gasteiger partial charge in [0.1, 0.15) is 9.88 Å². The second-order valence-electron chi connectivity index (χ2n) is 4.03. The summed E-state index contributed by atoms with van der Waals surface area (Å²) in [5, 5.41) is 14.0. The Morgan fingerprint density at radius 3 is 3.00 bits per heavy atom. The number of aromatic nitrogens is 3. The topological polar surface area (TPSA) is 77.2 Å². The van der Waals surface area contributed by atoms with Crippen LogP contribution in [-0.2, 0) is 17.9 Å². The fourth-order valence-corrected chi connectivity index (χ4v) is 2.58. The van der Waals surface area contributed by atoms with Crippen molar-refractivity contribution in [2.75, 3.05) is 7.11 Å². The third-order valence-corrected chi connectivity index (χ3v) is 3.64. The van der Waals surface area contributed by atoms with E-state index in [1.807, 2.05) is 10.9 Å². The van der Waals surface area contributed by atoms with E-state index in [2.05, 4.69) is 17.0 Å². The van der Waals surface area contributed by atoms with Gasteiger partial charge in [0.25, 0.3) is 0 Å². The molecule has 2 heterocycles.